The number of thiophene rings is 1. The fourth-order valence-electron chi connectivity index (χ4n) is 3.69. The Balaban J connectivity index is 1.58. The van der Waals surface area contributed by atoms with Crippen LogP contribution in [0.4, 0.5) is 18.9 Å². The smallest absolute Gasteiger partial charge is 0.433 e. The summed E-state index contributed by atoms with van der Waals surface area (Å²) in [5.41, 5.74) is 5.45. The number of hydrogen-bond acceptors (Lipinski definition) is 7. The summed E-state index contributed by atoms with van der Waals surface area (Å²) in [7, 11) is 1.54. The molecule has 0 bridgehead atoms. The van der Waals surface area contributed by atoms with Crippen LogP contribution in [0.1, 0.15) is 25.9 Å². The molecule has 4 aromatic heterocycles. The summed E-state index contributed by atoms with van der Waals surface area (Å²) in [6, 6.07) is 12.2. The van der Waals surface area contributed by atoms with Crippen LogP contribution in [0.15, 0.2) is 59.2 Å². The zero-order chi connectivity index (χ0) is 26.3. The first-order chi connectivity index (χ1) is 17.7. The highest BCUT2D eigenvalue weighted by Gasteiger charge is 2.35. The Morgan fingerprint density at radius 3 is 2.54 bits per heavy atom. The standard InChI is InChI=1S/C24H16F3N5O4S/c1-35-12-6-4-11(5-7-12)14-10-15(32-31-14)22(34)30-19-18-13(16-3-2-8-36-16)9-17(24(25,26)27)29-23(18)37-20(19)21(28)33/h2-10H,1H3,(H2,28,33)(H,30,34)(H,31,32). The summed E-state index contributed by atoms with van der Waals surface area (Å²) in [6.07, 6.45) is -3.47. The molecule has 4 heterocycles. The molecule has 0 spiro atoms. The van der Waals surface area contributed by atoms with E-state index < -0.39 is 23.7 Å². The summed E-state index contributed by atoms with van der Waals surface area (Å²) in [4.78, 5) is 28.7. The van der Waals surface area contributed by atoms with Crippen molar-refractivity contribution in [3.63, 3.8) is 0 Å². The molecule has 0 aliphatic rings. The van der Waals surface area contributed by atoms with E-state index in [9.17, 15) is 22.8 Å². The number of aromatic nitrogens is 3. The number of fused-ring (bicyclic) bond motifs is 1. The highest BCUT2D eigenvalue weighted by atomic mass is 32.1. The van der Waals surface area contributed by atoms with Crippen LogP contribution >= 0.6 is 11.3 Å². The lowest BCUT2D eigenvalue weighted by molar-refractivity contribution is -0.140. The number of carbonyl (C=O) groups is 2. The maximum absolute atomic E-state index is 13.6. The van der Waals surface area contributed by atoms with Crippen molar-refractivity contribution < 1.29 is 31.9 Å². The van der Waals surface area contributed by atoms with Gasteiger partial charge in [-0.05, 0) is 48.5 Å². The second kappa shape index (κ2) is 9.09. The van der Waals surface area contributed by atoms with Gasteiger partial charge in [0, 0.05) is 16.5 Å². The number of hydrogen-bond donors (Lipinski definition) is 3. The van der Waals surface area contributed by atoms with E-state index in [4.69, 9.17) is 14.9 Å². The van der Waals surface area contributed by atoms with Gasteiger partial charge in [0.15, 0.2) is 0 Å². The van der Waals surface area contributed by atoms with E-state index in [1.165, 1.54) is 31.6 Å². The number of pyridine rings is 1. The second-order valence-corrected chi connectivity index (χ2v) is 8.73. The number of nitrogens with two attached hydrogens (primary N) is 1. The first-order valence-corrected chi connectivity index (χ1v) is 11.4. The van der Waals surface area contributed by atoms with E-state index in [0.717, 1.165) is 6.07 Å². The molecule has 0 saturated heterocycles. The van der Waals surface area contributed by atoms with Crippen LogP contribution in [0.5, 0.6) is 5.75 Å². The van der Waals surface area contributed by atoms with Gasteiger partial charge in [-0.15, -0.1) is 11.3 Å². The van der Waals surface area contributed by atoms with E-state index in [1.54, 1.807) is 24.3 Å². The summed E-state index contributed by atoms with van der Waals surface area (Å²) in [5, 5.41) is 9.44. The van der Waals surface area contributed by atoms with Gasteiger partial charge >= 0.3 is 6.18 Å². The van der Waals surface area contributed by atoms with Crippen molar-refractivity contribution in [2.75, 3.05) is 12.4 Å². The van der Waals surface area contributed by atoms with Gasteiger partial charge in [-0.2, -0.15) is 18.3 Å². The molecule has 4 N–H and O–H groups in total. The van der Waals surface area contributed by atoms with Gasteiger partial charge in [0.2, 0.25) is 0 Å². The number of methoxy groups -OCH3 is 1. The minimum absolute atomic E-state index is 0.00934. The molecule has 1 aromatic carbocycles. The SMILES string of the molecule is COc1ccc(-c2cc(C(=O)Nc3c(C(N)=O)sc4nc(C(F)(F)F)cc(-c5ccco5)c34)[nH]n2)cc1. The first-order valence-electron chi connectivity index (χ1n) is 10.6. The molecule has 188 valence electrons. The minimum atomic E-state index is -4.76. The number of primary amides is 1. The van der Waals surface area contributed by atoms with E-state index >= 15 is 0 Å². The van der Waals surface area contributed by atoms with Gasteiger partial charge in [-0.25, -0.2) is 4.98 Å². The molecule has 5 rings (SSSR count). The zero-order valence-electron chi connectivity index (χ0n) is 18.8. The fraction of sp³-hybridized carbons (Fsp3) is 0.0833. The molecule has 0 atom stereocenters. The van der Waals surface area contributed by atoms with Crippen molar-refractivity contribution in [3.8, 4) is 28.3 Å². The number of ether oxygens (including phenoxy) is 1. The number of furan rings is 1. The molecule has 0 unspecified atom stereocenters. The van der Waals surface area contributed by atoms with Crippen LogP contribution in [0, 0.1) is 0 Å². The Kier molecular flexibility index (Phi) is 5.91. The molecular formula is C24H16F3N5O4S. The van der Waals surface area contributed by atoms with Gasteiger partial charge in [0.25, 0.3) is 11.8 Å². The monoisotopic (exact) mass is 527 g/mol. The Labute approximate surface area is 210 Å². The molecule has 37 heavy (non-hydrogen) atoms. The van der Waals surface area contributed by atoms with Crippen LogP contribution in [0.25, 0.3) is 32.8 Å². The summed E-state index contributed by atoms with van der Waals surface area (Å²) in [5.74, 6) is -0.902. The van der Waals surface area contributed by atoms with Crippen molar-refractivity contribution in [3.05, 3.63) is 71.1 Å². The summed E-state index contributed by atoms with van der Waals surface area (Å²) < 4.78 is 51.1. The predicted octanol–water partition coefficient (Wildman–Crippen LogP) is 5.33. The Morgan fingerprint density at radius 1 is 1.16 bits per heavy atom. The van der Waals surface area contributed by atoms with Crippen LogP contribution in [0.2, 0.25) is 0 Å². The van der Waals surface area contributed by atoms with E-state index in [0.29, 0.717) is 28.3 Å². The van der Waals surface area contributed by atoms with Crippen molar-refractivity contribution >= 4 is 39.1 Å². The van der Waals surface area contributed by atoms with Gasteiger partial charge in [-0.1, -0.05) is 0 Å². The first kappa shape index (κ1) is 24.1. The van der Waals surface area contributed by atoms with E-state index in [2.05, 4.69) is 20.5 Å². The number of nitrogens with one attached hydrogen (secondary N) is 2. The summed E-state index contributed by atoms with van der Waals surface area (Å²) >= 11 is 0.637. The Bertz CT molecular complexity index is 1620. The molecule has 0 saturated carbocycles. The molecule has 0 aliphatic heterocycles. The Hall–Kier alpha value is -4.65. The van der Waals surface area contributed by atoms with Gasteiger partial charge in [-0.3, -0.25) is 14.7 Å². The maximum Gasteiger partial charge on any atom is 0.433 e. The quantitative estimate of drug-likeness (QED) is 0.273. The Morgan fingerprint density at radius 2 is 1.92 bits per heavy atom. The number of rotatable bonds is 6. The number of anilines is 1. The number of alkyl halides is 3. The van der Waals surface area contributed by atoms with Gasteiger partial charge in [0.05, 0.1) is 24.8 Å². The number of nitrogens with zero attached hydrogens (tertiary/aromatic N) is 2. The zero-order valence-corrected chi connectivity index (χ0v) is 19.7. The van der Waals surface area contributed by atoms with E-state index in [-0.39, 0.29) is 37.8 Å². The van der Waals surface area contributed by atoms with Gasteiger partial charge < -0.3 is 20.2 Å². The topological polar surface area (TPSA) is 136 Å². The molecular weight excluding hydrogens is 511 g/mol. The highest BCUT2D eigenvalue weighted by molar-refractivity contribution is 7.21. The van der Waals surface area contributed by atoms with Crippen molar-refractivity contribution in [1.29, 1.82) is 0 Å². The number of carbonyl (C=O) groups excluding carboxylic acids is 2. The van der Waals surface area contributed by atoms with Crippen molar-refractivity contribution in [2.45, 2.75) is 6.18 Å². The molecule has 13 heteroatoms. The molecule has 0 radical (unpaired) electrons. The largest absolute Gasteiger partial charge is 0.497 e. The lowest BCUT2D eigenvalue weighted by Crippen LogP contribution is -2.17. The number of aromatic amines is 1. The van der Waals surface area contributed by atoms with Crippen LogP contribution in [-0.4, -0.2) is 34.1 Å². The minimum Gasteiger partial charge on any atom is -0.497 e. The average molecular weight is 527 g/mol. The molecule has 0 fully saturated rings. The number of H-pyrrole nitrogens is 1. The van der Waals surface area contributed by atoms with E-state index in [1.807, 2.05) is 0 Å². The lowest BCUT2D eigenvalue weighted by Gasteiger charge is -2.10. The summed E-state index contributed by atoms with van der Waals surface area (Å²) in [6.45, 7) is 0. The number of amides is 2. The van der Waals surface area contributed by atoms with Gasteiger partial charge in [0.1, 0.15) is 32.6 Å². The fourth-order valence-corrected chi connectivity index (χ4v) is 4.70. The third-order valence-corrected chi connectivity index (χ3v) is 6.51. The van der Waals surface area contributed by atoms with Crippen LogP contribution in [-0.2, 0) is 6.18 Å². The van der Waals surface area contributed by atoms with Crippen molar-refractivity contribution in [2.24, 2.45) is 5.73 Å². The lowest BCUT2D eigenvalue weighted by atomic mass is 10.1. The molecule has 9 nitrogen and oxygen atoms in total. The second-order valence-electron chi connectivity index (χ2n) is 7.73. The maximum atomic E-state index is 13.6. The van der Waals surface area contributed by atoms with Crippen LogP contribution in [0.3, 0.4) is 0 Å². The van der Waals surface area contributed by atoms with Crippen LogP contribution < -0.4 is 15.8 Å². The van der Waals surface area contributed by atoms with Crippen molar-refractivity contribution in [1.82, 2.24) is 15.2 Å². The molecule has 0 aliphatic carbocycles. The normalized spacial score (nSPS) is 11.6. The average Bonchev–Trinajstić information content (AvgIpc) is 3.63. The third-order valence-electron chi connectivity index (χ3n) is 5.41. The third kappa shape index (κ3) is 4.51. The predicted molar refractivity (Wildman–Crippen MR) is 129 cm³/mol. The molecule has 2 amide bonds. The molecule has 5 aromatic rings. The highest BCUT2D eigenvalue weighted by Crippen LogP contribution is 2.43. The number of benzene rings is 1. The number of halogens is 3.